The van der Waals surface area contributed by atoms with Gasteiger partial charge in [0.2, 0.25) is 0 Å². The first-order valence-electron chi connectivity index (χ1n) is 5.69. The van der Waals surface area contributed by atoms with E-state index in [2.05, 4.69) is 22.1 Å². The highest BCUT2D eigenvalue weighted by Gasteiger charge is 2.14. The summed E-state index contributed by atoms with van der Waals surface area (Å²) in [5.41, 5.74) is 4.37. The molecule has 19 heavy (non-hydrogen) atoms. The minimum absolute atomic E-state index is 0.231. The molecule has 1 heterocycles. The van der Waals surface area contributed by atoms with Crippen LogP contribution in [0.2, 0.25) is 0 Å². The van der Waals surface area contributed by atoms with Crippen LogP contribution in [0.3, 0.4) is 0 Å². The average Bonchev–Trinajstić information content (AvgIpc) is 2.45. The van der Waals surface area contributed by atoms with Crippen molar-refractivity contribution in [1.82, 2.24) is 5.43 Å². The molecule has 0 spiro atoms. The van der Waals surface area contributed by atoms with Gasteiger partial charge in [-0.25, -0.2) is 4.39 Å². The van der Waals surface area contributed by atoms with Crippen LogP contribution >= 0.6 is 11.8 Å². The fourth-order valence-corrected chi connectivity index (χ4v) is 2.32. The van der Waals surface area contributed by atoms with Gasteiger partial charge in [0, 0.05) is 11.3 Å². The molecule has 1 aliphatic heterocycles. The number of hydrogen-bond acceptors (Lipinski definition) is 4. The van der Waals surface area contributed by atoms with E-state index < -0.39 is 0 Å². The van der Waals surface area contributed by atoms with Gasteiger partial charge in [-0.2, -0.15) is 5.10 Å². The van der Waals surface area contributed by atoms with Gasteiger partial charge in [0.15, 0.2) is 16.7 Å². The van der Waals surface area contributed by atoms with Gasteiger partial charge in [-0.1, -0.05) is 17.8 Å². The summed E-state index contributed by atoms with van der Waals surface area (Å²) >= 11 is 1.53. The Morgan fingerprint density at radius 3 is 3.05 bits per heavy atom. The zero-order chi connectivity index (χ0) is 13.7. The molecule has 1 aromatic carbocycles. The van der Waals surface area contributed by atoms with Gasteiger partial charge in [-0.15, -0.1) is 6.58 Å². The smallest absolute Gasteiger partial charge is 0.177 e. The highest BCUT2D eigenvalue weighted by atomic mass is 32.2. The third-order valence-corrected chi connectivity index (χ3v) is 3.39. The standard InChI is InChI=1S/C13H14FN3OS/c1-3-6-15-13-17-16-11(8-19-13)9-4-5-12(18-2)10(14)7-9/h3-5,7H,1,6,8H2,2H3,(H,15,17). The fraction of sp³-hybridized carbons (Fsp3) is 0.231. The lowest BCUT2D eigenvalue weighted by atomic mass is 10.1. The summed E-state index contributed by atoms with van der Waals surface area (Å²) in [7, 11) is 1.44. The first-order chi connectivity index (χ1) is 9.24. The lowest BCUT2D eigenvalue weighted by Gasteiger charge is -2.15. The third kappa shape index (κ3) is 3.35. The molecule has 100 valence electrons. The number of thioether (sulfide) groups is 1. The Hall–Kier alpha value is -1.82. The number of rotatable bonds is 4. The maximum absolute atomic E-state index is 13.6. The van der Waals surface area contributed by atoms with E-state index >= 15 is 0 Å². The summed E-state index contributed by atoms with van der Waals surface area (Å²) in [6.07, 6.45) is 1.72. The molecule has 0 aromatic heterocycles. The largest absolute Gasteiger partial charge is 0.494 e. The first kappa shape index (κ1) is 13.6. The number of methoxy groups -OCH3 is 1. The Morgan fingerprint density at radius 2 is 2.47 bits per heavy atom. The monoisotopic (exact) mass is 279 g/mol. The van der Waals surface area contributed by atoms with Crippen LogP contribution in [0.1, 0.15) is 5.56 Å². The Labute approximate surface area is 115 Å². The van der Waals surface area contributed by atoms with Crippen molar-refractivity contribution in [3.63, 3.8) is 0 Å². The molecule has 6 heteroatoms. The van der Waals surface area contributed by atoms with Crippen LogP contribution in [0.4, 0.5) is 4.39 Å². The lowest BCUT2D eigenvalue weighted by molar-refractivity contribution is 0.386. The summed E-state index contributed by atoms with van der Waals surface area (Å²) in [5.74, 6) is 0.488. The van der Waals surface area contributed by atoms with Crippen LogP contribution in [0.25, 0.3) is 0 Å². The zero-order valence-electron chi connectivity index (χ0n) is 10.5. The number of nitrogens with one attached hydrogen (secondary N) is 1. The Morgan fingerprint density at radius 1 is 1.63 bits per heavy atom. The van der Waals surface area contributed by atoms with Gasteiger partial charge in [0.1, 0.15) is 0 Å². The summed E-state index contributed by atoms with van der Waals surface area (Å²) in [4.78, 5) is 4.22. The highest BCUT2D eigenvalue weighted by molar-refractivity contribution is 8.14. The van der Waals surface area contributed by atoms with Gasteiger partial charge in [-0.3, -0.25) is 10.4 Å². The van der Waals surface area contributed by atoms with Crippen molar-refractivity contribution in [3.05, 3.63) is 42.2 Å². The molecule has 0 saturated carbocycles. The predicted molar refractivity (Wildman–Crippen MR) is 77.6 cm³/mol. The first-order valence-corrected chi connectivity index (χ1v) is 6.67. The van der Waals surface area contributed by atoms with Crippen molar-refractivity contribution in [2.75, 3.05) is 19.4 Å². The average molecular weight is 279 g/mol. The molecular formula is C13H14FN3OS. The van der Waals surface area contributed by atoms with E-state index in [1.807, 2.05) is 0 Å². The second-order valence-electron chi connectivity index (χ2n) is 3.74. The second kappa shape index (κ2) is 6.38. The normalized spacial score (nSPS) is 16.7. The molecule has 0 saturated heterocycles. The summed E-state index contributed by atoms with van der Waals surface area (Å²) < 4.78 is 18.5. The Bertz CT molecular complexity index is 543. The Balaban J connectivity index is 2.14. The minimum Gasteiger partial charge on any atom is -0.494 e. The van der Waals surface area contributed by atoms with Crippen LogP contribution in [-0.4, -0.2) is 30.3 Å². The summed E-state index contributed by atoms with van der Waals surface area (Å²) in [6, 6.07) is 4.81. The Kier molecular flexibility index (Phi) is 4.57. The molecule has 1 N–H and O–H groups in total. The molecule has 4 nitrogen and oxygen atoms in total. The molecule has 2 rings (SSSR count). The van der Waals surface area contributed by atoms with Gasteiger partial charge in [0.05, 0.1) is 19.4 Å². The quantitative estimate of drug-likeness (QED) is 0.861. The number of hydrazone groups is 1. The van der Waals surface area contributed by atoms with Gasteiger partial charge < -0.3 is 4.74 Å². The fourth-order valence-electron chi connectivity index (χ4n) is 1.54. The van der Waals surface area contributed by atoms with E-state index in [4.69, 9.17) is 4.74 Å². The van der Waals surface area contributed by atoms with E-state index in [-0.39, 0.29) is 11.6 Å². The van der Waals surface area contributed by atoms with Crippen LogP contribution < -0.4 is 10.2 Å². The summed E-state index contributed by atoms with van der Waals surface area (Å²) in [5, 5.41) is 4.95. The van der Waals surface area contributed by atoms with Gasteiger partial charge >= 0.3 is 0 Å². The van der Waals surface area contributed by atoms with Crippen molar-refractivity contribution in [1.29, 1.82) is 0 Å². The number of ether oxygens (including phenoxy) is 1. The molecule has 0 bridgehead atoms. The van der Waals surface area contributed by atoms with E-state index in [9.17, 15) is 4.39 Å². The molecule has 0 radical (unpaired) electrons. The molecule has 0 fully saturated rings. The van der Waals surface area contributed by atoms with Crippen molar-refractivity contribution in [2.45, 2.75) is 0 Å². The number of amidine groups is 1. The molecule has 1 aliphatic rings. The predicted octanol–water partition coefficient (Wildman–Crippen LogP) is 2.42. The highest BCUT2D eigenvalue weighted by Crippen LogP contribution is 2.20. The number of benzene rings is 1. The van der Waals surface area contributed by atoms with Crippen molar-refractivity contribution in [3.8, 4) is 5.75 Å². The molecule has 0 aliphatic carbocycles. The van der Waals surface area contributed by atoms with Gasteiger partial charge in [0.25, 0.3) is 0 Å². The number of nitrogens with zero attached hydrogens (tertiary/aromatic N) is 2. The molecule has 0 atom stereocenters. The van der Waals surface area contributed by atoms with Crippen molar-refractivity contribution in [2.24, 2.45) is 10.1 Å². The van der Waals surface area contributed by atoms with Crippen LogP contribution in [-0.2, 0) is 0 Å². The van der Waals surface area contributed by atoms with Crippen molar-refractivity contribution >= 4 is 22.6 Å². The maximum atomic E-state index is 13.6. The van der Waals surface area contributed by atoms with Crippen LogP contribution in [0, 0.1) is 5.82 Å². The third-order valence-electron chi connectivity index (χ3n) is 2.48. The minimum atomic E-state index is -0.390. The SMILES string of the molecule is C=CCN=C1NN=C(c2ccc(OC)c(F)c2)CS1. The number of hydrogen-bond donors (Lipinski definition) is 1. The zero-order valence-corrected chi connectivity index (χ0v) is 11.3. The molecule has 1 aromatic rings. The lowest BCUT2D eigenvalue weighted by Crippen LogP contribution is -2.25. The topological polar surface area (TPSA) is 46.0 Å². The molecule has 0 unspecified atom stereocenters. The van der Waals surface area contributed by atoms with Crippen molar-refractivity contribution < 1.29 is 9.13 Å². The maximum Gasteiger partial charge on any atom is 0.177 e. The van der Waals surface area contributed by atoms with Crippen LogP contribution in [0.5, 0.6) is 5.75 Å². The molecular weight excluding hydrogens is 265 g/mol. The van der Waals surface area contributed by atoms with Crippen LogP contribution in [0.15, 0.2) is 40.9 Å². The molecule has 0 amide bonds. The van der Waals surface area contributed by atoms with E-state index in [0.29, 0.717) is 12.3 Å². The number of halogens is 1. The van der Waals surface area contributed by atoms with E-state index in [0.717, 1.165) is 16.4 Å². The summed E-state index contributed by atoms with van der Waals surface area (Å²) in [6.45, 7) is 4.15. The second-order valence-corrected chi connectivity index (χ2v) is 4.71. The number of aliphatic imine (C=N–C) groups is 1. The van der Waals surface area contributed by atoms with Gasteiger partial charge in [-0.05, 0) is 18.2 Å². The van der Waals surface area contributed by atoms with E-state index in [1.165, 1.54) is 24.9 Å². The van der Waals surface area contributed by atoms with E-state index in [1.54, 1.807) is 18.2 Å².